The molecule has 3 rings (SSSR count). The number of hydrogen-bond acceptors (Lipinski definition) is 4. The van der Waals surface area contributed by atoms with Gasteiger partial charge in [0.15, 0.2) is 0 Å². The summed E-state index contributed by atoms with van der Waals surface area (Å²) in [6.45, 7) is 6.44. The maximum Gasteiger partial charge on any atom is 0.374 e. The van der Waals surface area contributed by atoms with E-state index in [2.05, 4.69) is 13.8 Å². The SMILES string of the molecule is COC(=O)c1occ2c1C(C)=C1CC(C)(C)CC1C2O. The van der Waals surface area contributed by atoms with Crippen molar-refractivity contribution < 1.29 is 19.1 Å². The Bertz CT molecular complexity index is 606. The summed E-state index contributed by atoms with van der Waals surface area (Å²) < 4.78 is 10.1. The smallest absolute Gasteiger partial charge is 0.374 e. The molecule has 2 atom stereocenters. The van der Waals surface area contributed by atoms with Crippen LogP contribution in [-0.2, 0) is 4.74 Å². The molecule has 2 aliphatic rings. The molecule has 1 N–H and O–H groups in total. The van der Waals surface area contributed by atoms with Gasteiger partial charge in [-0.25, -0.2) is 4.79 Å². The third-order valence-electron chi connectivity index (χ3n) is 4.64. The molecular formula is C16H20O4. The summed E-state index contributed by atoms with van der Waals surface area (Å²) in [5, 5.41) is 10.6. The summed E-state index contributed by atoms with van der Waals surface area (Å²) in [5.41, 5.74) is 3.95. The minimum absolute atomic E-state index is 0.139. The van der Waals surface area contributed by atoms with Crippen LogP contribution in [0.5, 0.6) is 0 Å². The van der Waals surface area contributed by atoms with Crippen molar-refractivity contribution in [1.82, 2.24) is 0 Å². The molecule has 0 bridgehead atoms. The van der Waals surface area contributed by atoms with Gasteiger partial charge in [0.2, 0.25) is 5.76 Å². The van der Waals surface area contributed by atoms with Crippen LogP contribution >= 0.6 is 0 Å². The highest BCUT2D eigenvalue weighted by Crippen LogP contribution is 2.56. The van der Waals surface area contributed by atoms with E-state index in [0.29, 0.717) is 5.56 Å². The molecule has 4 heteroatoms. The van der Waals surface area contributed by atoms with Gasteiger partial charge in [0.25, 0.3) is 0 Å². The van der Waals surface area contributed by atoms with E-state index in [-0.39, 0.29) is 17.1 Å². The second-order valence-electron chi connectivity index (χ2n) is 6.63. The van der Waals surface area contributed by atoms with Crippen molar-refractivity contribution in [3.63, 3.8) is 0 Å². The maximum absolute atomic E-state index is 11.8. The van der Waals surface area contributed by atoms with Crippen LogP contribution in [0.1, 0.15) is 61.4 Å². The molecule has 0 saturated heterocycles. The van der Waals surface area contributed by atoms with E-state index in [1.54, 1.807) is 0 Å². The topological polar surface area (TPSA) is 59.7 Å². The summed E-state index contributed by atoms with van der Waals surface area (Å²) in [5.74, 6) is -0.149. The Morgan fingerprint density at radius 2 is 2.20 bits per heavy atom. The molecule has 0 aromatic carbocycles. The Morgan fingerprint density at radius 1 is 1.50 bits per heavy atom. The molecule has 0 aliphatic heterocycles. The van der Waals surface area contributed by atoms with Gasteiger partial charge in [0, 0.05) is 17.0 Å². The van der Waals surface area contributed by atoms with Crippen molar-refractivity contribution >= 4 is 11.5 Å². The first kappa shape index (κ1) is 13.4. The van der Waals surface area contributed by atoms with E-state index in [4.69, 9.17) is 9.15 Å². The first-order valence-electron chi connectivity index (χ1n) is 6.93. The molecular weight excluding hydrogens is 256 g/mol. The van der Waals surface area contributed by atoms with Crippen LogP contribution in [0.3, 0.4) is 0 Å². The normalized spacial score (nSPS) is 27.2. The first-order valence-corrected chi connectivity index (χ1v) is 6.93. The monoisotopic (exact) mass is 276 g/mol. The van der Waals surface area contributed by atoms with Gasteiger partial charge in [-0.2, -0.15) is 0 Å². The fraction of sp³-hybridized carbons (Fsp3) is 0.562. The molecule has 1 heterocycles. The molecule has 1 aromatic heterocycles. The zero-order valence-corrected chi connectivity index (χ0v) is 12.3. The lowest BCUT2D eigenvalue weighted by Crippen LogP contribution is -2.18. The van der Waals surface area contributed by atoms with E-state index in [1.165, 1.54) is 18.9 Å². The number of methoxy groups -OCH3 is 1. The average molecular weight is 276 g/mol. The van der Waals surface area contributed by atoms with E-state index in [0.717, 1.165) is 24.0 Å². The lowest BCUT2D eigenvalue weighted by atomic mass is 9.79. The predicted octanol–water partition coefficient (Wildman–Crippen LogP) is 3.32. The van der Waals surface area contributed by atoms with Gasteiger partial charge in [-0.15, -0.1) is 0 Å². The minimum atomic E-state index is -0.590. The third-order valence-corrected chi connectivity index (χ3v) is 4.64. The predicted molar refractivity (Wildman–Crippen MR) is 74.1 cm³/mol. The molecule has 0 radical (unpaired) electrons. The van der Waals surface area contributed by atoms with Crippen molar-refractivity contribution in [2.24, 2.45) is 11.3 Å². The first-order chi connectivity index (χ1) is 9.35. The van der Waals surface area contributed by atoms with Gasteiger partial charge in [-0.1, -0.05) is 19.4 Å². The second kappa shape index (κ2) is 4.22. The lowest BCUT2D eigenvalue weighted by Gasteiger charge is -2.27. The number of ether oxygens (including phenoxy) is 1. The zero-order chi connectivity index (χ0) is 14.7. The van der Waals surface area contributed by atoms with Gasteiger partial charge in [0.1, 0.15) is 0 Å². The van der Waals surface area contributed by atoms with Crippen molar-refractivity contribution in [3.05, 3.63) is 28.7 Å². The molecule has 4 nitrogen and oxygen atoms in total. The maximum atomic E-state index is 11.8. The van der Waals surface area contributed by atoms with Crippen LogP contribution < -0.4 is 0 Å². The summed E-state index contributed by atoms with van der Waals surface area (Å²) >= 11 is 0. The van der Waals surface area contributed by atoms with E-state index in [9.17, 15) is 9.90 Å². The summed E-state index contributed by atoms with van der Waals surface area (Å²) in [7, 11) is 1.33. The summed E-state index contributed by atoms with van der Waals surface area (Å²) in [6.07, 6.45) is 2.82. The molecule has 1 aromatic rings. The van der Waals surface area contributed by atoms with Gasteiger partial charge in [-0.3, -0.25) is 0 Å². The van der Waals surface area contributed by atoms with Crippen molar-refractivity contribution in [3.8, 4) is 0 Å². The molecule has 1 fully saturated rings. The quantitative estimate of drug-likeness (QED) is 0.799. The molecule has 1 saturated carbocycles. The lowest BCUT2D eigenvalue weighted by molar-refractivity contribution is 0.0564. The number of aliphatic hydroxyl groups is 1. The largest absolute Gasteiger partial charge is 0.463 e. The molecule has 20 heavy (non-hydrogen) atoms. The third kappa shape index (κ3) is 1.74. The number of allylic oxidation sites excluding steroid dienone is 1. The fourth-order valence-electron chi connectivity index (χ4n) is 3.75. The zero-order valence-electron chi connectivity index (χ0n) is 12.3. The minimum Gasteiger partial charge on any atom is -0.463 e. The Labute approximate surface area is 118 Å². The summed E-state index contributed by atoms with van der Waals surface area (Å²) in [6, 6.07) is 0. The standard InChI is InChI=1S/C16H20O4/c1-8-9-5-16(2,3)6-10(9)13(17)11-7-20-14(12(8)11)15(18)19-4/h7,10,13,17H,5-6H2,1-4H3. The van der Waals surface area contributed by atoms with Crippen LogP contribution in [0, 0.1) is 11.3 Å². The second-order valence-corrected chi connectivity index (χ2v) is 6.63. The van der Waals surface area contributed by atoms with Crippen LogP contribution in [0.2, 0.25) is 0 Å². The molecule has 0 amide bonds. The number of carbonyl (C=O) groups is 1. The van der Waals surface area contributed by atoms with Crippen molar-refractivity contribution in [2.45, 2.75) is 39.7 Å². The van der Waals surface area contributed by atoms with Gasteiger partial charge in [-0.05, 0) is 30.8 Å². The molecule has 108 valence electrons. The van der Waals surface area contributed by atoms with Crippen LogP contribution in [0.25, 0.3) is 5.57 Å². The molecule has 2 aliphatic carbocycles. The van der Waals surface area contributed by atoms with Crippen LogP contribution in [0.4, 0.5) is 0 Å². The Morgan fingerprint density at radius 3 is 2.85 bits per heavy atom. The van der Waals surface area contributed by atoms with E-state index in [1.807, 2.05) is 6.92 Å². The van der Waals surface area contributed by atoms with E-state index < -0.39 is 12.1 Å². The molecule has 0 spiro atoms. The summed E-state index contributed by atoms with van der Waals surface area (Å²) in [4.78, 5) is 11.8. The van der Waals surface area contributed by atoms with Crippen LogP contribution in [-0.4, -0.2) is 18.2 Å². The highest BCUT2D eigenvalue weighted by atomic mass is 16.5. The number of esters is 1. The Hall–Kier alpha value is -1.55. The highest BCUT2D eigenvalue weighted by Gasteiger charge is 2.45. The van der Waals surface area contributed by atoms with E-state index >= 15 is 0 Å². The average Bonchev–Trinajstić information content (AvgIpc) is 2.96. The Balaban J connectivity index is 2.16. The van der Waals surface area contributed by atoms with Gasteiger partial charge in [0.05, 0.1) is 19.5 Å². The number of fused-ring (bicyclic) bond motifs is 2. The van der Waals surface area contributed by atoms with Crippen molar-refractivity contribution in [2.75, 3.05) is 7.11 Å². The number of carbonyl (C=O) groups excluding carboxylic acids is 1. The number of aliphatic hydroxyl groups excluding tert-OH is 1. The highest BCUT2D eigenvalue weighted by molar-refractivity contribution is 5.94. The number of rotatable bonds is 1. The Kier molecular flexibility index (Phi) is 2.83. The molecule has 2 unspecified atom stereocenters. The fourth-order valence-corrected chi connectivity index (χ4v) is 3.75. The van der Waals surface area contributed by atoms with Gasteiger partial charge < -0.3 is 14.3 Å². The van der Waals surface area contributed by atoms with Gasteiger partial charge >= 0.3 is 5.97 Å². The number of hydrogen-bond donors (Lipinski definition) is 1. The van der Waals surface area contributed by atoms with Crippen molar-refractivity contribution in [1.29, 1.82) is 0 Å². The number of furan rings is 1. The van der Waals surface area contributed by atoms with Crippen LogP contribution in [0.15, 0.2) is 16.3 Å².